The molecule has 0 saturated heterocycles. The molecule has 1 unspecified atom stereocenters. The molecule has 0 spiro atoms. The highest BCUT2D eigenvalue weighted by Gasteiger charge is 2.26. The molecule has 0 aliphatic rings. The highest BCUT2D eigenvalue weighted by Crippen LogP contribution is 2.24. The van der Waals surface area contributed by atoms with Crippen LogP contribution in [0, 0.1) is 0 Å². The molecule has 2 amide bonds. The number of hydrogen-bond donors (Lipinski definition) is 1. The zero-order valence-electron chi connectivity index (χ0n) is 15.5. The minimum Gasteiger partial charge on any atom is -0.354 e. The first-order valence-corrected chi connectivity index (χ1v) is 9.73. The second kappa shape index (κ2) is 10.3. The first-order valence-electron chi connectivity index (χ1n) is 8.97. The summed E-state index contributed by atoms with van der Waals surface area (Å²) in [5, 5.41) is 3.74. The van der Waals surface area contributed by atoms with E-state index in [-0.39, 0.29) is 24.8 Å². The van der Waals surface area contributed by atoms with Crippen molar-refractivity contribution in [3.05, 3.63) is 69.7 Å². The molecule has 0 heterocycles. The maximum Gasteiger partial charge on any atom is 0.242 e. The summed E-state index contributed by atoms with van der Waals surface area (Å²) in [5.74, 6) is -0.287. The predicted octanol–water partition coefficient (Wildman–Crippen LogP) is 4.48. The van der Waals surface area contributed by atoms with Gasteiger partial charge in [-0.3, -0.25) is 9.59 Å². The quantitative estimate of drug-likeness (QED) is 0.702. The Bertz CT molecular complexity index is 781. The highest BCUT2D eigenvalue weighted by molar-refractivity contribution is 6.42. The van der Waals surface area contributed by atoms with Crippen LogP contribution in [-0.4, -0.2) is 29.3 Å². The van der Waals surface area contributed by atoms with Crippen LogP contribution in [0.4, 0.5) is 0 Å². The summed E-state index contributed by atoms with van der Waals surface area (Å²) < 4.78 is 0. The number of nitrogens with zero attached hydrogens (tertiary/aromatic N) is 1. The van der Waals surface area contributed by atoms with Crippen LogP contribution >= 0.6 is 23.2 Å². The van der Waals surface area contributed by atoms with Crippen LogP contribution in [0.2, 0.25) is 10.0 Å². The smallest absolute Gasteiger partial charge is 0.242 e. The average Bonchev–Trinajstić information content (AvgIpc) is 2.67. The molecule has 2 aromatic rings. The lowest BCUT2D eigenvalue weighted by Gasteiger charge is -2.29. The van der Waals surface area contributed by atoms with Gasteiger partial charge in [0.1, 0.15) is 6.04 Å². The van der Waals surface area contributed by atoms with Gasteiger partial charge in [-0.25, -0.2) is 0 Å². The molecule has 0 fully saturated rings. The lowest BCUT2D eigenvalue weighted by molar-refractivity contribution is -0.140. The van der Waals surface area contributed by atoms with Gasteiger partial charge in [0.15, 0.2) is 0 Å². The van der Waals surface area contributed by atoms with E-state index in [1.165, 1.54) is 0 Å². The summed E-state index contributed by atoms with van der Waals surface area (Å²) in [7, 11) is 0. The molecule has 4 nitrogen and oxygen atoms in total. The van der Waals surface area contributed by atoms with Crippen molar-refractivity contribution in [1.82, 2.24) is 10.2 Å². The molecule has 0 aromatic heterocycles. The van der Waals surface area contributed by atoms with Crippen molar-refractivity contribution >= 4 is 35.0 Å². The van der Waals surface area contributed by atoms with Gasteiger partial charge in [0.05, 0.1) is 16.5 Å². The van der Waals surface area contributed by atoms with E-state index in [1.54, 1.807) is 24.0 Å². The van der Waals surface area contributed by atoms with Crippen LogP contribution in [0.15, 0.2) is 48.5 Å². The van der Waals surface area contributed by atoms with E-state index in [2.05, 4.69) is 5.32 Å². The molecule has 6 heteroatoms. The molecule has 0 saturated carbocycles. The first-order chi connectivity index (χ1) is 12.9. The fourth-order valence-electron chi connectivity index (χ4n) is 2.69. The van der Waals surface area contributed by atoms with E-state index >= 15 is 0 Å². The molecule has 2 aromatic carbocycles. The monoisotopic (exact) mass is 406 g/mol. The fraction of sp³-hybridized carbons (Fsp3) is 0.333. The number of amides is 2. The van der Waals surface area contributed by atoms with Gasteiger partial charge in [0.25, 0.3) is 0 Å². The van der Waals surface area contributed by atoms with Crippen molar-refractivity contribution in [2.45, 2.75) is 39.3 Å². The van der Waals surface area contributed by atoms with E-state index < -0.39 is 6.04 Å². The van der Waals surface area contributed by atoms with Gasteiger partial charge in [0, 0.05) is 13.1 Å². The Morgan fingerprint density at radius 1 is 1.04 bits per heavy atom. The Hall–Kier alpha value is -2.04. The number of hydrogen-bond acceptors (Lipinski definition) is 2. The van der Waals surface area contributed by atoms with Crippen LogP contribution in [0.25, 0.3) is 0 Å². The largest absolute Gasteiger partial charge is 0.354 e. The number of carbonyl (C=O) groups excluding carboxylic acids is 2. The number of rotatable bonds is 8. The highest BCUT2D eigenvalue weighted by atomic mass is 35.5. The summed E-state index contributed by atoms with van der Waals surface area (Å²) in [6.07, 6.45) is 1.07. The van der Waals surface area contributed by atoms with Crippen molar-refractivity contribution < 1.29 is 9.59 Å². The van der Waals surface area contributed by atoms with E-state index in [0.29, 0.717) is 16.6 Å². The summed E-state index contributed by atoms with van der Waals surface area (Å²) in [4.78, 5) is 27.0. The standard InChI is InChI=1S/C21H24Cl2N2O2/c1-3-11-24-21(27)15(2)25(14-17-9-10-18(22)19(23)12-17)20(26)13-16-7-5-4-6-8-16/h4-10,12,15H,3,11,13-14H2,1-2H3,(H,24,27). The van der Waals surface area contributed by atoms with Crippen LogP contribution in [-0.2, 0) is 22.6 Å². The SMILES string of the molecule is CCCNC(=O)C(C)N(Cc1ccc(Cl)c(Cl)c1)C(=O)Cc1ccccc1. The van der Waals surface area contributed by atoms with E-state index in [0.717, 1.165) is 17.5 Å². The third-order valence-electron chi connectivity index (χ3n) is 4.25. The molecule has 0 aliphatic carbocycles. The Balaban J connectivity index is 2.22. The van der Waals surface area contributed by atoms with Crippen LogP contribution in [0.1, 0.15) is 31.4 Å². The minimum absolute atomic E-state index is 0.119. The lowest BCUT2D eigenvalue weighted by Crippen LogP contribution is -2.48. The molecule has 2 rings (SSSR count). The van der Waals surface area contributed by atoms with Crippen molar-refractivity contribution in [3.8, 4) is 0 Å². The summed E-state index contributed by atoms with van der Waals surface area (Å²) in [6.45, 7) is 4.59. The maximum absolute atomic E-state index is 13.0. The maximum atomic E-state index is 13.0. The normalized spacial score (nSPS) is 11.7. The van der Waals surface area contributed by atoms with Crippen LogP contribution < -0.4 is 5.32 Å². The van der Waals surface area contributed by atoms with E-state index in [1.807, 2.05) is 43.3 Å². The summed E-state index contributed by atoms with van der Waals surface area (Å²) >= 11 is 12.1. The van der Waals surface area contributed by atoms with Gasteiger partial charge in [-0.05, 0) is 36.6 Å². The zero-order valence-corrected chi connectivity index (χ0v) is 17.1. The molecule has 144 valence electrons. The summed E-state index contributed by atoms with van der Waals surface area (Å²) in [5.41, 5.74) is 1.73. The Kier molecular flexibility index (Phi) is 8.14. The number of nitrogens with one attached hydrogen (secondary N) is 1. The predicted molar refractivity (Wildman–Crippen MR) is 110 cm³/mol. The molecule has 27 heavy (non-hydrogen) atoms. The third-order valence-corrected chi connectivity index (χ3v) is 4.99. The van der Waals surface area contributed by atoms with Crippen molar-refractivity contribution in [1.29, 1.82) is 0 Å². The lowest BCUT2D eigenvalue weighted by atomic mass is 10.1. The third kappa shape index (κ3) is 6.26. The minimum atomic E-state index is -0.595. The zero-order chi connectivity index (χ0) is 19.8. The Labute approximate surface area is 170 Å². The van der Waals surface area contributed by atoms with Crippen LogP contribution in [0.5, 0.6) is 0 Å². The topological polar surface area (TPSA) is 49.4 Å². The van der Waals surface area contributed by atoms with Gasteiger partial charge < -0.3 is 10.2 Å². The molecule has 1 N–H and O–H groups in total. The second-order valence-electron chi connectivity index (χ2n) is 6.40. The van der Waals surface area contributed by atoms with Crippen molar-refractivity contribution in [2.75, 3.05) is 6.54 Å². The van der Waals surface area contributed by atoms with Gasteiger partial charge in [-0.2, -0.15) is 0 Å². The summed E-state index contributed by atoms with van der Waals surface area (Å²) in [6, 6.07) is 14.1. The van der Waals surface area contributed by atoms with E-state index in [4.69, 9.17) is 23.2 Å². The van der Waals surface area contributed by atoms with Gasteiger partial charge in [0.2, 0.25) is 11.8 Å². The number of halogens is 2. The van der Waals surface area contributed by atoms with Crippen molar-refractivity contribution in [3.63, 3.8) is 0 Å². The Morgan fingerprint density at radius 3 is 2.37 bits per heavy atom. The average molecular weight is 407 g/mol. The molecular formula is C21H24Cl2N2O2. The van der Waals surface area contributed by atoms with Crippen molar-refractivity contribution in [2.24, 2.45) is 0 Å². The molecule has 0 radical (unpaired) electrons. The molecular weight excluding hydrogens is 383 g/mol. The van der Waals surface area contributed by atoms with Crippen LogP contribution in [0.3, 0.4) is 0 Å². The molecule has 0 aliphatic heterocycles. The van der Waals surface area contributed by atoms with Gasteiger partial charge in [-0.1, -0.05) is 66.5 Å². The Morgan fingerprint density at radius 2 is 1.74 bits per heavy atom. The molecule has 1 atom stereocenters. The first kappa shape index (κ1) is 21.3. The molecule has 0 bridgehead atoms. The van der Waals surface area contributed by atoms with Gasteiger partial charge >= 0.3 is 0 Å². The fourth-order valence-corrected chi connectivity index (χ4v) is 3.01. The van der Waals surface area contributed by atoms with E-state index in [9.17, 15) is 9.59 Å². The number of carbonyl (C=O) groups is 2. The number of benzene rings is 2. The van der Waals surface area contributed by atoms with Gasteiger partial charge in [-0.15, -0.1) is 0 Å². The second-order valence-corrected chi connectivity index (χ2v) is 7.21.